The van der Waals surface area contributed by atoms with E-state index in [1.54, 1.807) is 7.11 Å². The summed E-state index contributed by atoms with van der Waals surface area (Å²) in [5.74, 6) is 6.70. The Kier molecular flexibility index (Phi) is 5.39. The van der Waals surface area contributed by atoms with Crippen LogP contribution < -0.4 is 16.0 Å². The van der Waals surface area contributed by atoms with Crippen molar-refractivity contribution in [2.75, 3.05) is 7.11 Å². The second-order valence-electron chi connectivity index (χ2n) is 5.18. The van der Waals surface area contributed by atoms with Gasteiger partial charge < -0.3 is 4.74 Å². The van der Waals surface area contributed by atoms with Crippen molar-refractivity contribution in [3.8, 4) is 5.75 Å². The Morgan fingerprint density at radius 3 is 2.62 bits per heavy atom. The molecule has 2 aromatic carbocycles. The highest BCUT2D eigenvalue weighted by Crippen LogP contribution is 2.32. The molecule has 3 N–H and O–H groups in total. The third-order valence-corrected chi connectivity index (χ3v) is 4.31. The van der Waals surface area contributed by atoms with E-state index in [2.05, 4.69) is 59.5 Å². The minimum Gasteiger partial charge on any atom is -0.496 e. The summed E-state index contributed by atoms with van der Waals surface area (Å²) in [7, 11) is 1.71. The van der Waals surface area contributed by atoms with Crippen molar-refractivity contribution >= 4 is 15.9 Å². The van der Waals surface area contributed by atoms with Gasteiger partial charge in [-0.15, -0.1) is 0 Å². The number of nitrogens with two attached hydrogens (primary N) is 1. The first-order valence-electron chi connectivity index (χ1n) is 6.91. The summed E-state index contributed by atoms with van der Waals surface area (Å²) in [5.41, 5.74) is 7.59. The van der Waals surface area contributed by atoms with Crippen molar-refractivity contribution in [3.05, 3.63) is 63.1 Å². The molecule has 4 heteroatoms. The molecule has 0 bridgehead atoms. The maximum absolute atomic E-state index is 5.79. The molecule has 2 aromatic rings. The first kappa shape index (κ1) is 16.0. The Labute approximate surface area is 134 Å². The number of methoxy groups -OCH3 is 1. The predicted molar refractivity (Wildman–Crippen MR) is 90.4 cm³/mol. The molecular weight excluding hydrogens is 328 g/mol. The van der Waals surface area contributed by atoms with Gasteiger partial charge >= 0.3 is 0 Å². The molecule has 1 atom stereocenters. The molecule has 0 saturated carbocycles. The highest BCUT2D eigenvalue weighted by atomic mass is 79.9. The number of benzene rings is 2. The molecular formula is C17H21BrN2O. The Balaban J connectivity index is 2.36. The number of rotatable bonds is 5. The summed E-state index contributed by atoms with van der Waals surface area (Å²) < 4.78 is 6.67. The lowest BCUT2D eigenvalue weighted by atomic mass is 9.95. The van der Waals surface area contributed by atoms with Gasteiger partial charge in [-0.25, -0.2) is 0 Å². The van der Waals surface area contributed by atoms with E-state index in [1.807, 2.05) is 12.1 Å². The van der Waals surface area contributed by atoms with Gasteiger partial charge in [-0.1, -0.05) is 40.2 Å². The van der Waals surface area contributed by atoms with Crippen molar-refractivity contribution in [1.82, 2.24) is 5.43 Å². The fraction of sp³-hybridized carbons (Fsp3) is 0.294. The number of aryl methyl sites for hydroxylation is 1. The highest BCUT2D eigenvalue weighted by molar-refractivity contribution is 9.10. The van der Waals surface area contributed by atoms with Gasteiger partial charge in [-0.2, -0.15) is 0 Å². The molecule has 21 heavy (non-hydrogen) atoms. The average Bonchev–Trinajstić information content (AvgIpc) is 2.48. The molecule has 1 unspecified atom stereocenters. The van der Waals surface area contributed by atoms with Gasteiger partial charge in [0.15, 0.2) is 0 Å². The fourth-order valence-electron chi connectivity index (χ4n) is 2.51. The van der Waals surface area contributed by atoms with Crippen LogP contribution in [0.15, 0.2) is 40.9 Å². The third-order valence-electron chi connectivity index (χ3n) is 3.82. The van der Waals surface area contributed by atoms with Crippen LogP contribution >= 0.6 is 15.9 Å². The van der Waals surface area contributed by atoms with Crippen molar-refractivity contribution in [3.63, 3.8) is 0 Å². The summed E-state index contributed by atoms with van der Waals surface area (Å²) in [6, 6.07) is 12.5. The lowest BCUT2D eigenvalue weighted by molar-refractivity contribution is 0.395. The number of hydrogen-bond donors (Lipinski definition) is 2. The lowest BCUT2D eigenvalue weighted by Gasteiger charge is -2.21. The van der Waals surface area contributed by atoms with Gasteiger partial charge in [0.1, 0.15) is 5.75 Å². The molecule has 0 aliphatic rings. The van der Waals surface area contributed by atoms with E-state index in [1.165, 1.54) is 11.1 Å². The van der Waals surface area contributed by atoms with E-state index in [-0.39, 0.29) is 6.04 Å². The largest absolute Gasteiger partial charge is 0.496 e. The van der Waals surface area contributed by atoms with Crippen molar-refractivity contribution in [2.24, 2.45) is 5.84 Å². The van der Waals surface area contributed by atoms with Gasteiger partial charge in [0.2, 0.25) is 0 Å². The summed E-state index contributed by atoms with van der Waals surface area (Å²) in [6.45, 7) is 4.16. The molecule has 112 valence electrons. The zero-order valence-electron chi connectivity index (χ0n) is 12.6. The molecule has 0 heterocycles. The molecule has 2 rings (SSSR count). The maximum Gasteiger partial charge on any atom is 0.126 e. The van der Waals surface area contributed by atoms with Crippen LogP contribution in [0.5, 0.6) is 5.75 Å². The van der Waals surface area contributed by atoms with E-state index >= 15 is 0 Å². The lowest BCUT2D eigenvalue weighted by Crippen LogP contribution is -2.30. The van der Waals surface area contributed by atoms with E-state index < -0.39 is 0 Å². The SMILES string of the molecule is COc1c(C(Cc2cccc(Br)c2)NN)ccc(C)c1C. The van der Waals surface area contributed by atoms with E-state index in [9.17, 15) is 0 Å². The number of hydrazine groups is 1. The molecule has 3 nitrogen and oxygen atoms in total. The van der Waals surface area contributed by atoms with Crippen LogP contribution in [0.25, 0.3) is 0 Å². The Morgan fingerprint density at radius 2 is 2.00 bits per heavy atom. The van der Waals surface area contributed by atoms with Crippen molar-refractivity contribution < 1.29 is 4.74 Å². The van der Waals surface area contributed by atoms with Gasteiger partial charge in [0.25, 0.3) is 0 Å². The van der Waals surface area contributed by atoms with Crippen molar-refractivity contribution in [2.45, 2.75) is 26.3 Å². The summed E-state index contributed by atoms with van der Waals surface area (Å²) >= 11 is 3.50. The molecule has 0 saturated heterocycles. The van der Waals surface area contributed by atoms with Crippen LogP contribution in [0.4, 0.5) is 0 Å². The van der Waals surface area contributed by atoms with Gasteiger partial charge in [0, 0.05) is 10.0 Å². The highest BCUT2D eigenvalue weighted by Gasteiger charge is 2.18. The number of ether oxygens (including phenoxy) is 1. The molecule has 0 aliphatic heterocycles. The standard InChI is InChI=1S/C17H21BrN2O/c1-11-7-8-15(17(21-3)12(11)2)16(20-19)10-13-5-4-6-14(18)9-13/h4-9,16,20H,10,19H2,1-3H3. The zero-order chi connectivity index (χ0) is 15.4. The van der Waals surface area contributed by atoms with Crippen LogP contribution in [-0.4, -0.2) is 7.11 Å². The molecule has 0 amide bonds. The topological polar surface area (TPSA) is 47.3 Å². The van der Waals surface area contributed by atoms with Crippen LogP contribution in [-0.2, 0) is 6.42 Å². The monoisotopic (exact) mass is 348 g/mol. The van der Waals surface area contributed by atoms with Gasteiger partial charge in [-0.05, 0) is 49.1 Å². The smallest absolute Gasteiger partial charge is 0.126 e. The van der Waals surface area contributed by atoms with Gasteiger partial charge in [-0.3, -0.25) is 11.3 Å². The zero-order valence-corrected chi connectivity index (χ0v) is 14.2. The van der Waals surface area contributed by atoms with E-state index in [0.29, 0.717) is 0 Å². The first-order valence-corrected chi connectivity index (χ1v) is 7.70. The molecule has 0 aromatic heterocycles. The summed E-state index contributed by atoms with van der Waals surface area (Å²) in [4.78, 5) is 0. The average molecular weight is 349 g/mol. The van der Waals surface area contributed by atoms with Crippen molar-refractivity contribution in [1.29, 1.82) is 0 Å². The fourth-order valence-corrected chi connectivity index (χ4v) is 2.96. The second-order valence-corrected chi connectivity index (χ2v) is 6.10. The number of hydrogen-bond acceptors (Lipinski definition) is 3. The minimum absolute atomic E-state index is 0.00792. The quantitative estimate of drug-likeness (QED) is 0.637. The summed E-state index contributed by atoms with van der Waals surface area (Å²) in [5, 5.41) is 0. The summed E-state index contributed by atoms with van der Waals surface area (Å²) in [6.07, 6.45) is 0.800. The molecule has 0 fully saturated rings. The molecule has 0 spiro atoms. The van der Waals surface area contributed by atoms with Crippen LogP contribution in [0.3, 0.4) is 0 Å². The number of halogens is 1. The van der Waals surface area contributed by atoms with Gasteiger partial charge in [0.05, 0.1) is 13.2 Å². The van der Waals surface area contributed by atoms with Crippen LogP contribution in [0, 0.1) is 13.8 Å². The minimum atomic E-state index is 0.00792. The first-order chi connectivity index (χ1) is 10.1. The molecule has 0 aliphatic carbocycles. The van der Waals surface area contributed by atoms with E-state index in [0.717, 1.165) is 27.8 Å². The Bertz CT molecular complexity index is 628. The van der Waals surface area contributed by atoms with Crippen LogP contribution in [0.1, 0.15) is 28.3 Å². The van der Waals surface area contributed by atoms with Crippen LogP contribution in [0.2, 0.25) is 0 Å². The number of nitrogens with one attached hydrogen (secondary N) is 1. The molecule has 0 radical (unpaired) electrons. The second kappa shape index (κ2) is 7.07. The third kappa shape index (κ3) is 3.64. The Morgan fingerprint density at radius 1 is 1.24 bits per heavy atom. The maximum atomic E-state index is 5.79. The van der Waals surface area contributed by atoms with E-state index in [4.69, 9.17) is 10.6 Å². The Hall–Kier alpha value is -1.36. The normalized spacial score (nSPS) is 12.2. The predicted octanol–water partition coefficient (Wildman–Crippen LogP) is 3.82.